The van der Waals surface area contributed by atoms with Crippen molar-refractivity contribution < 1.29 is 9.90 Å². The average molecular weight is 249 g/mol. The van der Waals surface area contributed by atoms with Crippen LogP contribution >= 0.6 is 0 Å². The minimum atomic E-state index is -0.332. The fourth-order valence-corrected chi connectivity index (χ4v) is 1.84. The molecule has 1 aromatic rings. The van der Waals surface area contributed by atoms with Gasteiger partial charge in [0.05, 0.1) is 6.10 Å². The highest BCUT2D eigenvalue weighted by Gasteiger charge is 2.07. The van der Waals surface area contributed by atoms with E-state index in [1.165, 1.54) is 0 Å². The summed E-state index contributed by atoms with van der Waals surface area (Å²) in [6.45, 7) is 6.58. The number of ketones is 1. The summed E-state index contributed by atoms with van der Waals surface area (Å²) in [5.41, 5.74) is 1.68. The Kier molecular flexibility index (Phi) is 5.86. The minimum absolute atomic E-state index is 0.154. The molecule has 0 bridgehead atoms. The van der Waals surface area contributed by atoms with Crippen molar-refractivity contribution in [3.8, 4) is 0 Å². The Bertz CT molecular complexity index is 371. The molecule has 0 heterocycles. The Morgan fingerprint density at radius 3 is 2.39 bits per heavy atom. The second kappa shape index (κ2) is 7.17. The van der Waals surface area contributed by atoms with Crippen molar-refractivity contribution in [2.24, 2.45) is 5.92 Å². The molecule has 0 amide bonds. The molecule has 0 aliphatic rings. The van der Waals surface area contributed by atoms with Gasteiger partial charge in [-0.3, -0.25) is 4.79 Å². The van der Waals surface area contributed by atoms with Crippen LogP contribution in [-0.2, 0) is 0 Å². The van der Waals surface area contributed by atoms with Crippen LogP contribution < -0.4 is 5.32 Å². The molecule has 1 aromatic carbocycles. The molecule has 1 rings (SSSR count). The van der Waals surface area contributed by atoms with Gasteiger partial charge in [0.1, 0.15) is 0 Å². The second-order valence-corrected chi connectivity index (χ2v) is 5.02. The Morgan fingerprint density at radius 2 is 1.89 bits per heavy atom. The van der Waals surface area contributed by atoms with Crippen LogP contribution in [0, 0.1) is 5.92 Å². The zero-order valence-corrected chi connectivity index (χ0v) is 11.4. The largest absolute Gasteiger partial charge is 0.391 e. The molecule has 0 spiro atoms. The molecule has 18 heavy (non-hydrogen) atoms. The Morgan fingerprint density at radius 1 is 1.28 bits per heavy atom. The standard InChI is InChI=1S/C15H23NO2/c1-4-15(18)12-5-7-13(8-6-12)16-10-14(17)9-11(2)3/h5-8,11,14,16-17H,4,9-10H2,1-3H3. The maximum Gasteiger partial charge on any atom is 0.162 e. The monoisotopic (exact) mass is 249 g/mol. The lowest BCUT2D eigenvalue weighted by atomic mass is 10.1. The zero-order valence-electron chi connectivity index (χ0n) is 11.4. The van der Waals surface area contributed by atoms with Crippen LogP contribution in [0.1, 0.15) is 44.0 Å². The topological polar surface area (TPSA) is 49.3 Å². The van der Waals surface area contributed by atoms with E-state index < -0.39 is 0 Å². The summed E-state index contributed by atoms with van der Waals surface area (Å²) in [5.74, 6) is 0.646. The summed E-state index contributed by atoms with van der Waals surface area (Å²) in [6, 6.07) is 7.40. The number of aliphatic hydroxyl groups is 1. The number of rotatable bonds is 7. The van der Waals surface area contributed by atoms with Crippen LogP contribution in [0.5, 0.6) is 0 Å². The summed E-state index contributed by atoms with van der Waals surface area (Å²) < 4.78 is 0. The second-order valence-electron chi connectivity index (χ2n) is 5.02. The lowest BCUT2D eigenvalue weighted by Crippen LogP contribution is -2.21. The number of hydrogen-bond acceptors (Lipinski definition) is 3. The van der Waals surface area contributed by atoms with Gasteiger partial charge >= 0.3 is 0 Å². The molecule has 2 N–H and O–H groups in total. The third-order valence-corrected chi connectivity index (χ3v) is 2.81. The van der Waals surface area contributed by atoms with Crippen LogP contribution in [0.2, 0.25) is 0 Å². The summed E-state index contributed by atoms with van der Waals surface area (Å²) in [6.07, 6.45) is 0.987. The average Bonchev–Trinajstić information content (AvgIpc) is 2.35. The van der Waals surface area contributed by atoms with Crippen LogP contribution in [0.3, 0.4) is 0 Å². The highest BCUT2D eigenvalue weighted by Crippen LogP contribution is 2.12. The maximum absolute atomic E-state index is 11.5. The first-order valence-corrected chi connectivity index (χ1v) is 6.58. The van der Waals surface area contributed by atoms with Crippen molar-refractivity contribution in [1.29, 1.82) is 0 Å². The molecule has 1 unspecified atom stereocenters. The minimum Gasteiger partial charge on any atom is -0.391 e. The third kappa shape index (κ3) is 4.88. The number of benzene rings is 1. The van der Waals surface area contributed by atoms with E-state index in [1.807, 2.05) is 31.2 Å². The van der Waals surface area contributed by atoms with E-state index in [4.69, 9.17) is 0 Å². The van der Waals surface area contributed by atoms with Crippen molar-refractivity contribution in [2.45, 2.75) is 39.7 Å². The van der Waals surface area contributed by atoms with Gasteiger partial charge < -0.3 is 10.4 Å². The number of hydrogen-bond donors (Lipinski definition) is 2. The van der Waals surface area contributed by atoms with Gasteiger partial charge in [-0.25, -0.2) is 0 Å². The quantitative estimate of drug-likeness (QED) is 0.730. The first-order valence-electron chi connectivity index (χ1n) is 6.58. The van der Waals surface area contributed by atoms with E-state index in [2.05, 4.69) is 19.2 Å². The zero-order chi connectivity index (χ0) is 13.5. The van der Waals surface area contributed by atoms with Gasteiger partial charge in [-0.05, 0) is 36.6 Å². The van der Waals surface area contributed by atoms with E-state index in [1.54, 1.807) is 0 Å². The molecular weight excluding hydrogens is 226 g/mol. The fraction of sp³-hybridized carbons (Fsp3) is 0.533. The van der Waals surface area contributed by atoms with Gasteiger partial charge in [-0.2, -0.15) is 0 Å². The highest BCUT2D eigenvalue weighted by molar-refractivity contribution is 5.96. The molecule has 1 atom stereocenters. The molecule has 100 valence electrons. The molecule has 3 heteroatoms. The lowest BCUT2D eigenvalue weighted by Gasteiger charge is -2.14. The van der Waals surface area contributed by atoms with E-state index >= 15 is 0 Å². The Hall–Kier alpha value is -1.35. The van der Waals surface area contributed by atoms with E-state index in [-0.39, 0.29) is 11.9 Å². The van der Waals surface area contributed by atoms with Gasteiger partial charge in [-0.1, -0.05) is 20.8 Å². The van der Waals surface area contributed by atoms with Gasteiger partial charge in [0.15, 0.2) is 5.78 Å². The van der Waals surface area contributed by atoms with Crippen molar-refractivity contribution in [1.82, 2.24) is 0 Å². The molecule has 0 radical (unpaired) electrons. The highest BCUT2D eigenvalue weighted by atomic mass is 16.3. The SMILES string of the molecule is CCC(=O)c1ccc(NCC(O)CC(C)C)cc1. The first kappa shape index (κ1) is 14.7. The maximum atomic E-state index is 11.5. The number of carbonyl (C=O) groups is 1. The van der Waals surface area contributed by atoms with Crippen molar-refractivity contribution in [3.05, 3.63) is 29.8 Å². The third-order valence-electron chi connectivity index (χ3n) is 2.81. The van der Waals surface area contributed by atoms with Crippen LogP contribution in [-0.4, -0.2) is 23.5 Å². The summed E-state index contributed by atoms with van der Waals surface area (Å²) >= 11 is 0. The smallest absolute Gasteiger partial charge is 0.162 e. The Labute approximate surface area is 109 Å². The van der Waals surface area contributed by atoms with Crippen LogP contribution in [0.4, 0.5) is 5.69 Å². The van der Waals surface area contributed by atoms with Gasteiger partial charge in [0, 0.05) is 24.2 Å². The predicted molar refractivity (Wildman–Crippen MR) is 75.0 cm³/mol. The normalized spacial score (nSPS) is 12.5. The van der Waals surface area contributed by atoms with Crippen LogP contribution in [0.25, 0.3) is 0 Å². The van der Waals surface area contributed by atoms with Gasteiger partial charge in [0.2, 0.25) is 0 Å². The summed E-state index contributed by atoms with van der Waals surface area (Å²) in [4.78, 5) is 11.5. The molecule has 0 aromatic heterocycles. The van der Waals surface area contributed by atoms with Crippen molar-refractivity contribution in [3.63, 3.8) is 0 Å². The molecule has 0 saturated carbocycles. The van der Waals surface area contributed by atoms with Gasteiger partial charge in [0.25, 0.3) is 0 Å². The number of carbonyl (C=O) groups excluding carboxylic acids is 1. The number of nitrogens with one attached hydrogen (secondary N) is 1. The van der Waals surface area contributed by atoms with Crippen molar-refractivity contribution in [2.75, 3.05) is 11.9 Å². The number of aliphatic hydroxyl groups excluding tert-OH is 1. The summed E-state index contributed by atoms with van der Waals surface area (Å²) in [7, 11) is 0. The molecular formula is C15H23NO2. The number of Topliss-reactive ketones (excluding diaryl/α,β-unsaturated/α-hetero) is 1. The molecule has 3 nitrogen and oxygen atoms in total. The van der Waals surface area contributed by atoms with E-state index in [0.29, 0.717) is 18.9 Å². The first-order chi connectivity index (χ1) is 8.52. The molecule has 0 aliphatic carbocycles. The number of anilines is 1. The van der Waals surface area contributed by atoms with Crippen LogP contribution in [0.15, 0.2) is 24.3 Å². The molecule has 0 saturated heterocycles. The molecule has 0 fully saturated rings. The van der Waals surface area contributed by atoms with E-state index in [0.717, 1.165) is 17.7 Å². The van der Waals surface area contributed by atoms with E-state index in [9.17, 15) is 9.90 Å². The fourth-order valence-electron chi connectivity index (χ4n) is 1.84. The lowest BCUT2D eigenvalue weighted by molar-refractivity contribution is 0.0988. The predicted octanol–water partition coefficient (Wildman–Crippen LogP) is 3.10. The van der Waals surface area contributed by atoms with Crippen molar-refractivity contribution >= 4 is 11.5 Å². The van der Waals surface area contributed by atoms with Gasteiger partial charge in [-0.15, -0.1) is 0 Å². The molecule has 0 aliphatic heterocycles. The summed E-state index contributed by atoms with van der Waals surface area (Å²) in [5, 5.41) is 12.9. The Balaban J connectivity index is 2.46.